The molecule has 0 saturated heterocycles. The van der Waals surface area contributed by atoms with Crippen molar-refractivity contribution in [2.75, 3.05) is 18.0 Å². The van der Waals surface area contributed by atoms with Gasteiger partial charge in [-0.1, -0.05) is 54.4 Å². The Hall–Kier alpha value is -0.500. The molecule has 1 rings (SSSR count). The van der Waals surface area contributed by atoms with Crippen LogP contribution < -0.4 is 4.90 Å². The number of rotatable bonds is 6. The lowest BCUT2D eigenvalue weighted by Gasteiger charge is -2.28. The third kappa shape index (κ3) is 3.51. The van der Waals surface area contributed by atoms with Crippen molar-refractivity contribution in [3.05, 3.63) is 29.8 Å². The summed E-state index contributed by atoms with van der Waals surface area (Å²) in [6.07, 6.45) is 1.24. The molecule has 16 heavy (non-hydrogen) atoms. The third-order valence-electron chi connectivity index (χ3n) is 3.09. The Labute approximate surface area is 108 Å². The minimum atomic E-state index is 0.753. The smallest absolute Gasteiger partial charge is 0.0407 e. The molecule has 1 atom stereocenters. The molecule has 0 fully saturated rings. The molecule has 0 saturated carbocycles. The lowest BCUT2D eigenvalue weighted by molar-refractivity contribution is 0.547. The van der Waals surface area contributed by atoms with Crippen LogP contribution in [0.4, 0.5) is 5.69 Å². The molecule has 0 spiro atoms. The largest absolute Gasteiger partial charge is 0.371 e. The van der Waals surface area contributed by atoms with E-state index in [0.29, 0.717) is 0 Å². The highest BCUT2D eigenvalue weighted by molar-refractivity contribution is 9.08. The molecule has 1 aromatic carbocycles. The van der Waals surface area contributed by atoms with Crippen LogP contribution >= 0.6 is 15.9 Å². The number of para-hydroxylation sites is 1. The molecule has 0 N–H and O–H groups in total. The van der Waals surface area contributed by atoms with E-state index in [-0.39, 0.29) is 0 Å². The summed E-state index contributed by atoms with van der Waals surface area (Å²) in [5.41, 5.74) is 2.76. The zero-order valence-electron chi connectivity index (χ0n) is 10.5. The van der Waals surface area contributed by atoms with Gasteiger partial charge in [0.25, 0.3) is 0 Å². The summed E-state index contributed by atoms with van der Waals surface area (Å²) in [5, 5.41) is 0.931. The molecule has 0 aromatic heterocycles. The van der Waals surface area contributed by atoms with Gasteiger partial charge in [-0.2, -0.15) is 0 Å². The molecule has 0 aliphatic rings. The quantitative estimate of drug-likeness (QED) is 0.697. The summed E-state index contributed by atoms with van der Waals surface area (Å²) < 4.78 is 0. The van der Waals surface area contributed by atoms with E-state index < -0.39 is 0 Å². The molecule has 0 amide bonds. The predicted octanol–water partition coefficient (Wildman–Crippen LogP) is 4.45. The van der Waals surface area contributed by atoms with Gasteiger partial charge in [0, 0.05) is 24.1 Å². The highest BCUT2D eigenvalue weighted by Crippen LogP contribution is 2.23. The number of hydrogen-bond donors (Lipinski definition) is 0. The van der Waals surface area contributed by atoms with Crippen LogP contribution in [0.15, 0.2) is 24.3 Å². The summed E-state index contributed by atoms with van der Waals surface area (Å²) >= 11 is 3.56. The van der Waals surface area contributed by atoms with Gasteiger partial charge in [0.05, 0.1) is 0 Å². The van der Waals surface area contributed by atoms with Crippen molar-refractivity contribution in [2.24, 2.45) is 5.92 Å². The van der Waals surface area contributed by atoms with Crippen LogP contribution in [0.3, 0.4) is 0 Å². The molecular formula is C14H22BrN. The van der Waals surface area contributed by atoms with Crippen LogP contribution in [-0.2, 0) is 5.33 Å². The summed E-state index contributed by atoms with van der Waals surface area (Å²) in [4.78, 5) is 2.48. The minimum Gasteiger partial charge on any atom is -0.371 e. The minimum absolute atomic E-state index is 0.753. The summed E-state index contributed by atoms with van der Waals surface area (Å²) in [6, 6.07) is 8.66. The van der Waals surface area contributed by atoms with Gasteiger partial charge >= 0.3 is 0 Å². The number of anilines is 1. The number of benzene rings is 1. The first kappa shape index (κ1) is 13.6. The average molecular weight is 284 g/mol. The van der Waals surface area contributed by atoms with Gasteiger partial charge in [-0.05, 0) is 24.5 Å². The van der Waals surface area contributed by atoms with Crippen LogP contribution in [-0.4, -0.2) is 13.1 Å². The van der Waals surface area contributed by atoms with Gasteiger partial charge in [0.1, 0.15) is 0 Å². The number of alkyl halides is 1. The number of hydrogen-bond acceptors (Lipinski definition) is 1. The van der Waals surface area contributed by atoms with Crippen molar-refractivity contribution in [2.45, 2.75) is 32.5 Å². The molecule has 0 aliphatic heterocycles. The van der Waals surface area contributed by atoms with E-state index in [1.165, 1.54) is 17.7 Å². The van der Waals surface area contributed by atoms with Crippen LogP contribution in [0.5, 0.6) is 0 Å². The first-order valence-electron chi connectivity index (χ1n) is 6.11. The Morgan fingerprint density at radius 2 is 1.94 bits per heavy atom. The topological polar surface area (TPSA) is 3.24 Å². The van der Waals surface area contributed by atoms with Crippen molar-refractivity contribution >= 4 is 21.6 Å². The van der Waals surface area contributed by atoms with E-state index >= 15 is 0 Å². The van der Waals surface area contributed by atoms with Crippen LogP contribution in [0.25, 0.3) is 0 Å². The molecule has 0 aliphatic carbocycles. The van der Waals surface area contributed by atoms with Crippen molar-refractivity contribution < 1.29 is 0 Å². The van der Waals surface area contributed by atoms with Crippen LogP contribution in [0, 0.1) is 5.92 Å². The monoisotopic (exact) mass is 283 g/mol. The van der Waals surface area contributed by atoms with Gasteiger partial charge in [-0.15, -0.1) is 0 Å². The Morgan fingerprint density at radius 3 is 2.50 bits per heavy atom. The molecule has 2 heteroatoms. The lowest BCUT2D eigenvalue weighted by Crippen LogP contribution is -2.28. The van der Waals surface area contributed by atoms with Crippen LogP contribution in [0.2, 0.25) is 0 Å². The van der Waals surface area contributed by atoms with Gasteiger partial charge < -0.3 is 4.90 Å². The Kier molecular flexibility index (Phi) is 5.89. The second-order valence-electron chi connectivity index (χ2n) is 4.31. The molecule has 0 bridgehead atoms. The fraction of sp³-hybridized carbons (Fsp3) is 0.571. The van der Waals surface area contributed by atoms with E-state index in [2.05, 4.69) is 65.9 Å². The fourth-order valence-corrected chi connectivity index (χ4v) is 2.31. The average Bonchev–Trinajstić information content (AvgIpc) is 2.35. The van der Waals surface area contributed by atoms with E-state index in [1.807, 2.05) is 0 Å². The molecule has 1 unspecified atom stereocenters. The third-order valence-corrected chi connectivity index (χ3v) is 3.69. The van der Waals surface area contributed by atoms with Crippen molar-refractivity contribution in [1.82, 2.24) is 0 Å². The van der Waals surface area contributed by atoms with Gasteiger partial charge in [-0.3, -0.25) is 0 Å². The van der Waals surface area contributed by atoms with E-state index in [4.69, 9.17) is 0 Å². The predicted molar refractivity (Wildman–Crippen MR) is 76.4 cm³/mol. The Balaban J connectivity index is 2.85. The summed E-state index contributed by atoms with van der Waals surface area (Å²) in [6.45, 7) is 9.03. The maximum atomic E-state index is 3.56. The molecular weight excluding hydrogens is 262 g/mol. The molecule has 1 nitrogen and oxygen atoms in total. The molecule has 90 valence electrons. The first-order chi connectivity index (χ1) is 7.72. The van der Waals surface area contributed by atoms with E-state index in [0.717, 1.165) is 24.3 Å². The first-order valence-corrected chi connectivity index (χ1v) is 7.23. The fourth-order valence-electron chi connectivity index (χ4n) is 1.84. The lowest BCUT2D eigenvalue weighted by atomic mass is 10.1. The normalized spacial score (nSPS) is 12.5. The highest BCUT2D eigenvalue weighted by Gasteiger charge is 2.10. The Morgan fingerprint density at radius 1 is 1.25 bits per heavy atom. The van der Waals surface area contributed by atoms with Crippen molar-refractivity contribution in [3.63, 3.8) is 0 Å². The van der Waals surface area contributed by atoms with E-state index in [1.54, 1.807) is 0 Å². The molecule has 1 aromatic rings. The zero-order valence-corrected chi connectivity index (χ0v) is 12.1. The standard InChI is InChI=1S/C14H22BrN/c1-4-12(3)11-16(5-2)14-9-7-6-8-13(14)10-15/h6-9,12H,4-5,10-11H2,1-3H3. The molecule has 0 heterocycles. The maximum absolute atomic E-state index is 3.56. The zero-order chi connectivity index (χ0) is 12.0. The SMILES string of the molecule is CCC(C)CN(CC)c1ccccc1CBr. The summed E-state index contributed by atoms with van der Waals surface area (Å²) in [7, 11) is 0. The van der Waals surface area contributed by atoms with Gasteiger partial charge in [0.15, 0.2) is 0 Å². The molecule has 0 radical (unpaired) electrons. The summed E-state index contributed by atoms with van der Waals surface area (Å²) in [5.74, 6) is 0.753. The highest BCUT2D eigenvalue weighted by atomic mass is 79.9. The maximum Gasteiger partial charge on any atom is 0.0407 e. The second-order valence-corrected chi connectivity index (χ2v) is 4.88. The van der Waals surface area contributed by atoms with Crippen molar-refractivity contribution in [1.29, 1.82) is 0 Å². The van der Waals surface area contributed by atoms with Gasteiger partial charge in [-0.25, -0.2) is 0 Å². The van der Waals surface area contributed by atoms with E-state index in [9.17, 15) is 0 Å². The van der Waals surface area contributed by atoms with Gasteiger partial charge in [0.2, 0.25) is 0 Å². The number of nitrogens with zero attached hydrogens (tertiary/aromatic N) is 1. The van der Waals surface area contributed by atoms with Crippen LogP contribution in [0.1, 0.15) is 32.8 Å². The Bertz CT molecular complexity index is 311. The number of halogens is 1. The second kappa shape index (κ2) is 6.95. The van der Waals surface area contributed by atoms with Crippen molar-refractivity contribution in [3.8, 4) is 0 Å².